The zero-order valence-corrected chi connectivity index (χ0v) is 23.9. The zero-order chi connectivity index (χ0) is 28.6. The van der Waals surface area contributed by atoms with Gasteiger partial charge in [-0.05, 0) is 68.6 Å². The molecule has 1 aromatic heterocycles. The van der Waals surface area contributed by atoms with Crippen molar-refractivity contribution in [1.82, 2.24) is 14.5 Å². The summed E-state index contributed by atoms with van der Waals surface area (Å²) >= 11 is 5.96. The number of rotatable bonds is 8. The minimum absolute atomic E-state index is 0.161. The van der Waals surface area contributed by atoms with Gasteiger partial charge in [-0.1, -0.05) is 23.7 Å². The number of para-hydroxylation sites is 1. The van der Waals surface area contributed by atoms with E-state index in [4.69, 9.17) is 35.5 Å². The number of aromatic nitrogens is 2. The first-order chi connectivity index (χ1) is 19.8. The Morgan fingerprint density at radius 1 is 1.22 bits per heavy atom. The fourth-order valence-corrected chi connectivity index (χ4v) is 5.95. The van der Waals surface area contributed by atoms with Crippen molar-refractivity contribution in [2.45, 2.75) is 57.1 Å². The number of nitrogens with zero attached hydrogens (tertiary/aromatic N) is 3. The Balaban J connectivity index is 1.14. The van der Waals surface area contributed by atoms with E-state index in [2.05, 4.69) is 15.5 Å². The van der Waals surface area contributed by atoms with Crippen molar-refractivity contribution in [3.05, 3.63) is 82.2 Å². The highest BCUT2D eigenvalue weighted by molar-refractivity contribution is 6.30. The van der Waals surface area contributed by atoms with Crippen molar-refractivity contribution in [3.63, 3.8) is 0 Å². The molecule has 2 aromatic carbocycles. The Labute approximate surface area is 243 Å². The second-order valence-electron chi connectivity index (χ2n) is 10.8. The van der Waals surface area contributed by atoms with Gasteiger partial charge in [-0.25, -0.2) is 14.2 Å². The third-order valence-electron chi connectivity index (χ3n) is 8.16. The molecule has 0 saturated carbocycles. The number of esters is 1. The highest BCUT2D eigenvalue weighted by Crippen LogP contribution is 2.49. The van der Waals surface area contributed by atoms with Crippen LogP contribution in [-0.2, 0) is 33.1 Å². The standard InChI is InChI=1S/C31H33ClFN3O5/c1-31(25-8-6-21(32)16-26(25)33)40-27-5-3-4-24(30(27)41-31)20-10-13-35(14-11-20)19-28-34-17-22(7-9-29(37)38-2)36(28)18-23-12-15-39-23/h3-9,16-17,20,23H,10-15,18-19H2,1-2H3/t23-,31?/m0/s1. The number of hydrogen-bond donors (Lipinski definition) is 0. The van der Waals surface area contributed by atoms with Gasteiger partial charge in [0.15, 0.2) is 11.5 Å². The number of hydrogen-bond acceptors (Lipinski definition) is 7. The lowest BCUT2D eigenvalue weighted by molar-refractivity contribution is -0.134. The van der Waals surface area contributed by atoms with Crippen molar-refractivity contribution >= 4 is 23.6 Å². The lowest BCUT2D eigenvalue weighted by Crippen LogP contribution is -2.35. The molecule has 1 unspecified atom stereocenters. The van der Waals surface area contributed by atoms with Crippen LogP contribution >= 0.6 is 11.6 Å². The molecule has 2 saturated heterocycles. The Morgan fingerprint density at radius 3 is 2.73 bits per heavy atom. The molecule has 3 aliphatic rings. The average molecular weight is 582 g/mol. The van der Waals surface area contributed by atoms with Crippen molar-refractivity contribution in [2.24, 2.45) is 0 Å². The second kappa shape index (κ2) is 11.5. The van der Waals surface area contributed by atoms with E-state index >= 15 is 0 Å². The monoisotopic (exact) mass is 581 g/mol. The predicted octanol–water partition coefficient (Wildman–Crippen LogP) is 5.67. The minimum atomic E-state index is -1.27. The highest BCUT2D eigenvalue weighted by atomic mass is 35.5. The van der Waals surface area contributed by atoms with Crippen LogP contribution in [0.25, 0.3) is 6.08 Å². The summed E-state index contributed by atoms with van der Waals surface area (Å²) in [6.07, 6.45) is 8.01. The first-order valence-corrected chi connectivity index (χ1v) is 14.3. The molecule has 6 rings (SSSR count). The maximum atomic E-state index is 14.8. The number of carbonyl (C=O) groups excluding carboxylic acids is 1. The lowest BCUT2D eigenvalue weighted by Gasteiger charge is -2.33. The molecule has 216 valence electrons. The summed E-state index contributed by atoms with van der Waals surface area (Å²) < 4.78 is 39.8. The van der Waals surface area contributed by atoms with Crippen molar-refractivity contribution in [3.8, 4) is 11.5 Å². The summed E-state index contributed by atoms with van der Waals surface area (Å²) in [7, 11) is 1.36. The first kappa shape index (κ1) is 27.8. The van der Waals surface area contributed by atoms with E-state index in [0.29, 0.717) is 35.2 Å². The van der Waals surface area contributed by atoms with Crippen LogP contribution in [0.3, 0.4) is 0 Å². The number of likely N-dealkylation sites (tertiary alicyclic amines) is 1. The number of halogens is 2. The molecule has 41 heavy (non-hydrogen) atoms. The quantitative estimate of drug-likeness (QED) is 0.250. The van der Waals surface area contributed by atoms with Gasteiger partial charge in [-0.15, -0.1) is 0 Å². The summed E-state index contributed by atoms with van der Waals surface area (Å²) in [5.74, 6) is 0.395. The molecular formula is C31H33ClFN3O5. The molecule has 0 radical (unpaired) electrons. The first-order valence-electron chi connectivity index (χ1n) is 13.9. The van der Waals surface area contributed by atoms with E-state index < -0.39 is 17.6 Å². The number of ether oxygens (including phenoxy) is 4. The van der Waals surface area contributed by atoms with Gasteiger partial charge >= 0.3 is 5.97 Å². The van der Waals surface area contributed by atoms with Crippen molar-refractivity contribution < 1.29 is 28.1 Å². The van der Waals surface area contributed by atoms with Gasteiger partial charge < -0.3 is 23.5 Å². The Kier molecular flexibility index (Phi) is 7.76. The van der Waals surface area contributed by atoms with E-state index in [9.17, 15) is 9.18 Å². The topological polar surface area (TPSA) is 75.0 Å². The number of benzene rings is 2. The molecule has 0 amide bonds. The van der Waals surface area contributed by atoms with Gasteiger partial charge in [0.1, 0.15) is 11.6 Å². The third-order valence-corrected chi connectivity index (χ3v) is 8.40. The zero-order valence-electron chi connectivity index (χ0n) is 23.1. The third kappa shape index (κ3) is 5.71. The molecule has 0 spiro atoms. The van der Waals surface area contributed by atoms with Crippen molar-refractivity contribution in [2.75, 3.05) is 26.8 Å². The van der Waals surface area contributed by atoms with Crippen molar-refractivity contribution in [1.29, 1.82) is 0 Å². The predicted molar refractivity (Wildman–Crippen MR) is 151 cm³/mol. The van der Waals surface area contributed by atoms with E-state index in [1.54, 1.807) is 31.3 Å². The van der Waals surface area contributed by atoms with E-state index in [0.717, 1.165) is 56.0 Å². The molecule has 3 aromatic rings. The summed E-state index contributed by atoms with van der Waals surface area (Å²) in [4.78, 5) is 18.7. The number of carbonyl (C=O) groups is 1. The van der Waals surface area contributed by atoms with Gasteiger partial charge in [-0.2, -0.15) is 0 Å². The molecule has 4 heterocycles. The molecule has 2 atom stereocenters. The second-order valence-corrected chi connectivity index (χ2v) is 11.3. The smallest absolute Gasteiger partial charge is 0.330 e. The maximum absolute atomic E-state index is 14.8. The molecule has 3 aliphatic heterocycles. The number of imidazole rings is 1. The van der Waals surface area contributed by atoms with Crippen LogP contribution < -0.4 is 9.47 Å². The molecule has 0 N–H and O–H groups in total. The summed E-state index contributed by atoms with van der Waals surface area (Å²) in [5, 5.41) is 0.325. The lowest BCUT2D eigenvalue weighted by atomic mass is 9.88. The number of piperidine rings is 1. The molecular weight excluding hydrogens is 549 g/mol. The van der Waals surface area contributed by atoms with Crippen LogP contribution in [0.15, 0.2) is 48.7 Å². The summed E-state index contributed by atoms with van der Waals surface area (Å²) in [5.41, 5.74) is 2.24. The Hall–Kier alpha value is -3.40. The van der Waals surface area contributed by atoms with Gasteiger partial charge in [-0.3, -0.25) is 4.90 Å². The van der Waals surface area contributed by atoms with Crippen LogP contribution in [0.4, 0.5) is 4.39 Å². The number of fused-ring (bicyclic) bond motifs is 1. The maximum Gasteiger partial charge on any atom is 0.330 e. The van der Waals surface area contributed by atoms with Gasteiger partial charge in [0.25, 0.3) is 5.79 Å². The van der Waals surface area contributed by atoms with Crippen LogP contribution in [0.2, 0.25) is 5.02 Å². The van der Waals surface area contributed by atoms with Gasteiger partial charge in [0.05, 0.1) is 43.8 Å². The van der Waals surface area contributed by atoms with Crippen LogP contribution in [-0.4, -0.2) is 53.3 Å². The van der Waals surface area contributed by atoms with Crippen LogP contribution in [0.1, 0.15) is 54.7 Å². The Bertz CT molecular complexity index is 1460. The van der Waals surface area contributed by atoms with Crippen LogP contribution in [0, 0.1) is 5.82 Å². The SMILES string of the molecule is COC(=O)C=Cc1cnc(CN2CCC(c3cccc4c3OC(C)(c3ccc(Cl)cc3F)O4)CC2)n1C[C@@H]1CCO1. The summed E-state index contributed by atoms with van der Waals surface area (Å²) in [6, 6.07) is 10.4. The molecule has 10 heteroatoms. The summed E-state index contributed by atoms with van der Waals surface area (Å²) in [6.45, 7) is 5.69. The molecule has 2 fully saturated rings. The number of methoxy groups -OCH3 is 1. The molecule has 0 aliphatic carbocycles. The minimum Gasteiger partial charge on any atom is -0.466 e. The largest absolute Gasteiger partial charge is 0.466 e. The van der Waals surface area contributed by atoms with Crippen LogP contribution in [0.5, 0.6) is 11.5 Å². The van der Waals surface area contributed by atoms with E-state index in [1.165, 1.54) is 19.3 Å². The molecule has 8 nitrogen and oxygen atoms in total. The van der Waals surface area contributed by atoms with Gasteiger partial charge in [0.2, 0.25) is 0 Å². The Morgan fingerprint density at radius 2 is 2.02 bits per heavy atom. The fraction of sp³-hybridized carbons (Fsp3) is 0.419. The molecule has 0 bridgehead atoms. The highest BCUT2D eigenvalue weighted by Gasteiger charge is 2.43. The normalized spacial score (nSPS) is 22.7. The fourth-order valence-electron chi connectivity index (χ4n) is 5.79. The average Bonchev–Trinajstić information content (AvgIpc) is 3.49. The van der Waals surface area contributed by atoms with Gasteiger partial charge in [0, 0.05) is 30.2 Å². The van der Waals surface area contributed by atoms with E-state index in [1.807, 2.05) is 12.1 Å². The van der Waals surface area contributed by atoms with E-state index in [-0.39, 0.29) is 12.0 Å².